The van der Waals surface area contributed by atoms with E-state index in [1.807, 2.05) is 18.3 Å². The lowest BCUT2D eigenvalue weighted by atomic mass is 10.0. The number of hydrogen-bond donors (Lipinski definition) is 1. The van der Waals surface area contributed by atoms with Crippen LogP contribution in [0, 0.1) is 5.92 Å². The summed E-state index contributed by atoms with van der Waals surface area (Å²) < 4.78 is 1.02. The molecule has 0 amide bonds. The van der Waals surface area contributed by atoms with Crippen molar-refractivity contribution in [3.8, 4) is 0 Å². The van der Waals surface area contributed by atoms with Crippen LogP contribution in [-0.2, 0) is 6.42 Å². The summed E-state index contributed by atoms with van der Waals surface area (Å²) in [6.07, 6.45) is 6.65. The Kier molecular flexibility index (Phi) is 5.32. The molecular formula is C11H16BrN3. The van der Waals surface area contributed by atoms with E-state index in [0.29, 0.717) is 5.92 Å². The number of pyridine rings is 1. The van der Waals surface area contributed by atoms with Gasteiger partial charge in [0.1, 0.15) is 0 Å². The predicted molar refractivity (Wildman–Crippen MR) is 66.7 cm³/mol. The van der Waals surface area contributed by atoms with Crippen molar-refractivity contribution >= 4 is 22.1 Å². The van der Waals surface area contributed by atoms with E-state index in [9.17, 15) is 0 Å². The van der Waals surface area contributed by atoms with Gasteiger partial charge >= 0.3 is 0 Å². The summed E-state index contributed by atoms with van der Waals surface area (Å²) in [6.45, 7) is 2.19. The van der Waals surface area contributed by atoms with Crippen LogP contribution in [0.5, 0.6) is 0 Å². The van der Waals surface area contributed by atoms with Crippen molar-refractivity contribution in [3.63, 3.8) is 0 Å². The molecule has 0 aromatic carbocycles. The lowest BCUT2D eigenvalue weighted by Crippen LogP contribution is -2.00. The van der Waals surface area contributed by atoms with Gasteiger partial charge in [0.2, 0.25) is 0 Å². The number of hydrazone groups is 1. The molecule has 0 bridgehead atoms. The second kappa shape index (κ2) is 6.56. The number of hydrogen-bond acceptors (Lipinski definition) is 3. The third kappa shape index (κ3) is 4.93. The highest BCUT2D eigenvalue weighted by Gasteiger charge is 2.02. The monoisotopic (exact) mass is 269 g/mol. The van der Waals surface area contributed by atoms with Gasteiger partial charge in [0.25, 0.3) is 0 Å². The molecule has 2 N–H and O–H groups in total. The molecule has 1 heterocycles. The Morgan fingerprint density at radius 1 is 1.60 bits per heavy atom. The van der Waals surface area contributed by atoms with Crippen molar-refractivity contribution in [3.05, 3.63) is 28.5 Å². The summed E-state index contributed by atoms with van der Waals surface area (Å²) in [4.78, 5) is 4.33. The molecule has 0 saturated carbocycles. The van der Waals surface area contributed by atoms with Gasteiger partial charge in [-0.3, -0.25) is 4.98 Å². The Hall–Kier alpha value is -0.900. The zero-order chi connectivity index (χ0) is 11.1. The molecule has 0 aliphatic carbocycles. The van der Waals surface area contributed by atoms with Crippen LogP contribution in [0.25, 0.3) is 0 Å². The molecule has 4 heteroatoms. The van der Waals surface area contributed by atoms with Crippen molar-refractivity contribution in [2.24, 2.45) is 16.9 Å². The van der Waals surface area contributed by atoms with Crippen LogP contribution < -0.4 is 5.84 Å². The molecule has 1 atom stereocenters. The van der Waals surface area contributed by atoms with E-state index in [1.165, 1.54) is 0 Å². The Labute approximate surface area is 98.9 Å². The minimum absolute atomic E-state index is 0.600. The number of aryl methyl sites for hydroxylation is 1. The smallest absolute Gasteiger partial charge is 0.0413 e. The number of aromatic nitrogens is 1. The van der Waals surface area contributed by atoms with Crippen molar-refractivity contribution in [1.82, 2.24) is 4.98 Å². The summed E-state index contributed by atoms with van der Waals surface area (Å²) in [5, 5.41) is 3.50. The predicted octanol–water partition coefficient (Wildman–Crippen LogP) is 2.75. The van der Waals surface area contributed by atoms with Crippen LogP contribution in [0.2, 0.25) is 0 Å². The topological polar surface area (TPSA) is 51.3 Å². The van der Waals surface area contributed by atoms with E-state index >= 15 is 0 Å². The fraction of sp³-hybridized carbons (Fsp3) is 0.455. The van der Waals surface area contributed by atoms with E-state index in [4.69, 9.17) is 5.84 Å². The molecule has 1 rings (SSSR count). The summed E-state index contributed by atoms with van der Waals surface area (Å²) >= 11 is 3.37. The van der Waals surface area contributed by atoms with Gasteiger partial charge in [-0.2, -0.15) is 5.10 Å². The first-order chi connectivity index (χ1) is 7.22. The molecule has 15 heavy (non-hydrogen) atoms. The first-order valence-electron chi connectivity index (χ1n) is 5.04. The van der Waals surface area contributed by atoms with E-state index in [2.05, 4.69) is 32.9 Å². The molecule has 1 aromatic heterocycles. The highest BCUT2D eigenvalue weighted by molar-refractivity contribution is 9.10. The molecule has 1 aromatic rings. The average Bonchev–Trinajstić information content (AvgIpc) is 2.25. The lowest BCUT2D eigenvalue weighted by molar-refractivity contribution is 0.552. The van der Waals surface area contributed by atoms with Crippen molar-refractivity contribution in [1.29, 1.82) is 0 Å². The standard InChI is InChI=1S/C11H16BrN3/c1-9(6-7-15-13)2-4-11-5-3-10(12)8-14-11/h3,5,7-9H,2,4,6,13H2,1H3/b15-7-. The number of nitrogens with two attached hydrogens (primary N) is 1. The molecule has 0 aliphatic rings. The van der Waals surface area contributed by atoms with Gasteiger partial charge in [-0.05, 0) is 53.2 Å². The van der Waals surface area contributed by atoms with Crippen LogP contribution in [0.3, 0.4) is 0 Å². The van der Waals surface area contributed by atoms with E-state index in [1.54, 1.807) is 6.21 Å². The lowest BCUT2D eigenvalue weighted by Gasteiger charge is -2.07. The summed E-state index contributed by atoms with van der Waals surface area (Å²) in [7, 11) is 0. The maximum atomic E-state index is 5.05. The molecule has 0 aliphatic heterocycles. The van der Waals surface area contributed by atoms with Gasteiger partial charge in [0, 0.05) is 22.6 Å². The Morgan fingerprint density at radius 2 is 2.40 bits per heavy atom. The fourth-order valence-corrected chi connectivity index (χ4v) is 1.54. The van der Waals surface area contributed by atoms with Gasteiger partial charge < -0.3 is 5.84 Å². The molecule has 0 saturated heterocycles. The summed E-state index contributed by atoms with van der Waals surface area (Å²) in [6, 6.07) is 4.07. The van der Waals surface area contributed by atoms with Crippen LogP contribution in [0.1, 0.15) is 25.5 Å². The second-order valence-electron chi connectivity index (χ2n) is 3.68. The average molecular weight is 270 g/mol. The molecule has 0 radical (unpaired) electrons. The van der Waals surface area contributed by atoms with E-state index in [0.717, 1.165) is 29.4 Å². The van der Waals surface area contributed by atoms with Crippen LogP contribution in [-0.4, -0.2) is 11.2 Å². The van der Waals surface area contributed by atoms with Crippen molar-refractivity contribution in [2.45, 2.75) is 26.2 Å². The maximum absolute atomic E-state index is 5.05. The third-order valence-corrected chi connectivity index (χ3v) is 2.76. The molecule has 3 nitrogen and oxygen atoms in total. The van der Waals surface area contributed by atoms with Gasteiger partial charge in [0.05, 0.1) is 0 Å². The van der Waals surface area contributed by atoms with Gasteiger partial charge in [-0.15, -0.1) is 0 Å². The molecule has 0 spiro atoms. The van der Waals surface area contributed by atoms with Gasteiger partial charge in [-0.1, -0.05) is 6.92 Å². The highest BCUT2D eigenvalue weighted by atomic mass is 79.9. The Bertz CT molecular complexity index is 308. The van der Waals surface area contributed by atoms with Gasteiger partial charge in [-0.25, -0.2) is 0 Å². The third-order valence-electron chi connectivity index (χ3n) is 2.30. The minimum atomic E-state index is 0.600. The summed E-state index contributed by atoms with van der Waals surface area (Å²) in [5.41, 5.74) is 1.13. The quantitative estimate of drug-likeness (QED) is 0.508. The molecule has 82 valence electrons. The summed E-state index contributed by atoms with van der Waals surface area (Å²) in [5.74, 6) is 5.65. The highest BCUT2D eigenvalue weighted by Crippen LogP contribution is 2.12. The van der Waals surface area contributed by atoms with E-state index in [-0.39, 0.29) is 0 Å². The Morgan fingerprint density at radius 3 is 3.00 bits per heavy atom. The molecule has 1 unspecified atom stereocenters. The SMILES string of the molecule is CC(C/C=N\N)CCc1ccc(Br)cn1. The molecule has 0 fully saturated rings. The van der Waals surface area contributed by atoms with Crippen LogP contribution >= 0.6 is 15.9 Å². The van der Waals surface area contributed by atoms with Crippen molar-refractivity contribution in [2.75, 3.05) is 0 Å². The second-order valence-corrected chi connectivity index (χ2v) is 4.59. The van der Waals surface area contributed by atoms with Gasteiger partial charge in [0.15, 0.2) is 0 Å². The number of nitrogens with zero attached hydrogens (tertiary/aromatic N) is 2. The minimum Gasteiger partial charge on any atom is -0.324 e. The van der Waals surface area contributed by atoms with Crippen molar-refractivity contribution < 1.29 is 0 Å². The van der Waals surface area contributed by atoms with Crippen LogP contribution in [0.15, 0.2) is 27.9 Å². The zero-order valence-electron chi connectivity index (χ0n) is 8.86. The maximum Gasteiger partial charge on any atom is 0.0413 e. The normalized spacial score (nSPS) is 13.2. The van der Waals surface area contributed by atoms with Crippen LogP contribution in [0.4, 0.5) is 0 Å². The first-order valence-corrected chi connectivity index (χ1v) is 5.84. The number of halogens is 1. The Balaban J connectivity index is 2.33. The van der Waals surface area contributed by atoms with E-state index < -0.39 is 0 Å². The largest absolute Gasteiger partial charge is 0.324 e. The molecular weight excluding hydrogens is 254 g/mol. The zero-order valence-corrected chi connectivity index (χ0v) is 10.4. The first kappa shape index (κ1) is 12.2. The number of rotatable bonds is 5. The fourth-order valence-electron chi connectivity index (χ4n) is 1.31.